The molecule has 134 valence electrons. The second kappa shape index (κ2) is 6.72. The molecule has 0 radical (unpaired) electrons. The summed E-state index contributed by atoms with van der Waals surface area (Å²) in [6.07, 6.45) is 0. The molecule has 0 bridgehead atoms. The van der Waals surface area contributed by atoms with Gasteiger partial charge in [-0.25, -0.2) is 0 Å². The Morgan fingerprint density at radius 3 is 2.41 bits per heavy atom. The third-order valence-electron chi connectivity index (χ3n) is 4.91. The fourth-order valence-corrected chi connectivity index (χ4v) is 3.32. The van der Waals surface area contributed by atoms with E-state index in [0.29, 0.717) is 12.1 Å². The summed E-state index contributed by atoms with van der Waals surface area (Å²) in [5.41, 5.74) is 6.02. The summed E-state index contributed by atoms with van der Waals surface area (Å²) >= 11 is 0. The molecule has 4 nitrogen and oxygen atoms in total. The third-order valence-corrected chi connectivity index (χ3v) is 4.91. The number of aryl methyl sites for hydroxylation is 2. The van der Waals surface area contributed by atoms with Gasteiger partial charge < -0.3 is 10.2 Å². The molecule has 0 unspecified atom stereocenters. The molecule has 0 spiro atoms. The van der Waals surface area contributed by atoms with Crippen molar-refractivity contribution in [1.29, 1.82) is 0 Å². The summed E-state index contributed by atoms with van der Waals surface area (Å²) in [7, 11) is 0. The number of rotatable bonds is 3. The van der Waals surface area contributed by atoms with Gasteiger partial charge in [0.05, 0.1) is 6.54 Å². The fourth-order valence-electron chi connectivity index (χ4n) is 3.32. The maximum Gasteiger partial charge on any atom is 0.258 e. The lowest BCUT2D eigenvalue weighted by molar-refractivity contribution is 0.0994. The number of carbonyl (C=O) groups is 2. The van der Waals surface area contributed by atoms with Gasteiger partial charge in [0.2, 0.25) is 0 Å². The smallest absolute Gasteiger partial charge is 0.258 e. The van der Waals surface area contributed by atoms with Gasteiger partial charge in [-0.2, -0.15) is 0 Å². The van der Waals surface area contributed by atoms with Crippen molar-refractivity contribution in [2.75, 3.05) is 10.2 Å². The van der Waals surface area contributed by atoms with Crippen LogP contribution in [-0.2, 0) is 6.54 Å². The molecular weight excluding hydrogens is 336 g/mol. The van der Waals surface area contributed by atoms with Gasteiger partial charge in [-0.15, -0.1) is 0 Å². The monoisotopic (exact) mass is 356 g/mol. The molecule has 1 heterocycles. The molecule has 0 saturated heterocycles. The first-order chi connectivity index (χ1) is 13.0. The van der Waals surface area contributed by atoms with Crippen molar-refractivity contribution in [3.8, 4) is 0 Å². The normalized spacial score (nSPS) is 12.8. The van der Waals surface area contributed by atoms with Crippen molar-refractivity contribution in [2.45, 2.75) is 20.4 Å². The van der Waals surface area contributed by atoms with Crippen LogP contribution >= 0.6 is 0 Å². The molecule has 1 aliphatic heterocycles. The van der Waals surface area contributed by atoms with Crippen LogP contribution in [0.3, 0.4) is 0 Å². The summed E-state index contributed by atoms with van der Waals surface area (Å²) in [4.78, 5) is 26.9. The quantitative estimate of drug-likeness (QED) is 0.738. The second-order valence-electron chi connectivity index (χ2n) is 6.87. The summed E-state index contributed by atoms with van der Waals surface area (Å²) in [5.74, 6) is -0.128. The van der Waals surface area contributed by atoms with Gasteiger partial charge in [0, 0.05) is 22.5 Å². The molecule has 0 fully saturated rings. The Bertz CT molecular complexity index is 1040. The highest BCUT2D eigenvalue weighted by atomic mass is 16.2. The molecule has 4 heteroatoms. The Morgan fingerprint density at radius 2 is 1.70 bits per heavy atom. The van der Waals surface area contributed by atoms with Crippen LogP contribution in [0.2, 0.25) is 0 Å². The van der Waals surface area contributed by atoms with E-state index < -0.39 is 0 Å². The van der Waals surface area contributed by atoms with Gasteiger partial charge in [-0.05, 0) is 61.4 Å². The Balaban J connectivity index is 1.54. The van der Waals surface area contributed by atoms with E-state index in [-0.39, 0.29) is 11.8 Å². The van der Waals surface area contributed by atoms with Gasteiger partial charge in [-0.3, -0.25) is 9.59 Å². The van der Waals surface area contributed by atoms with Crippen molar-refractivity contribution < 1.29 is 9.59 Å². The van der Waals surface area contributed by atoms with Crippen molar-refractivity contribution in [1.82, 2.24) is 0 Å². The topological polar surface area (TPSA) is 49.4 Å². The number of amides is 2. The Kier molecular flexibility index (Phi) is 4.24. The van der Waals surface area contributed by atoms with Gasteiger partial charge in [-0.1, -0.05) is 35.9 Å². The third kappa shape index (κ3) is 3.22. The Hall–Kier alpha value is -3.40. The Labute approximate surface area is 158 Å². The Morgan fingerprint density at radius 1 is 0.963 bits per heavy atom. The molecule has 0 aromatic heterocycles. The van der Waals surface area contributed by atoms with Crippen LogP contribution in [0.25, 0.3) is 0 Å². The van der Waals surface area contributed by atoms with E-state index in [0.717, 1.165) is 33.6 Å². The predicted molar refractivity (Wildman–Crippen MR) is 107 cm³/mol. The average molecular weight is 356 g/mol. The summed E-state index contributed by atoms with van der Waals surface area (Å²) in [6.45, 7) is 4.49. The minimum absolute atomic E-state index is 0.0152. The zero-order valence-corrected chi connectivity index (χ0v) is 15.3. The van der Waals surface area contributed by atoms with E-state index in [2.05, 4.69) is 5.32 Å². The van der Waals surface area contributed by atoms with Crippen LogP contribution in [-0.4, -0.2) is 11.8 Å². The van der Waals surface area contributed by atoms with E-state index in [4.69, 9.17) is 0 Å². The zero-order valence-electron chi connectivity index (χ0n) is 15.3. The molecule has 0 atom stereocenters. The van der Waals surface area contributed by atoms with E-state index >= 15 is 0 Å². The van der Waals surface area contributed by atoms with E-state index in [1.165, 1.54) is 0 Å². The molecule has 4 rings (SSSR count). The van der Waals surface area contributed by atoms with E-state index in [1.807, 2.05) is 80.6 Å². The number of hydrogen-bond acceptors (Lipinski definition) is 2. The largest absolute Gasteiger partial charge is 0.322 e. The number of hydrogen-bond donors (Lipinski definition) is 1. The first kappa shape index (κ1) is 17.0. The molecule has 3 aromatic rings. The van der Waals surface area contributed by atoms with Crippen LogP contribution < -0.4 is 10.2 Å². The van der Waals surface area contributed by atoms with Crippen LogP contribution in [0.15, 0.2) is 66.7 Å². The van der Waals surface area contributed by atoms with Crippen molar-refractivity contribution in [3.05, 3.63) is 94.5 Å². The highest BCUT2D eigenvalue weighted by Crippen LogP contribution is 2.30. The number of anilines is 2. The van der Waals surface area contributed by atoms with Crippen LogP contribution in [0.4, 0.5) is 11.4 Å². The number of fused-ring (bicyclic) bond motifs is 1. The first-order valence-corrected chi connectivity index (χ1v) is 8.91. The lowest BCUT2D eigenvalue weighted by atomic mass is 10.1. The van der Waals surface area contributed by atoms with Gasteiger partial charge >= 0.3 is 0 Å². The second-order valence-corrected chi connectivity index (χ2v) is 6.87. The maximum absolute atomic E-state index is 12.6. The molecule has 1 aliphatic rings. The van der Waals surface area contributed by atoms with Crippen LogP contribution in [0.5, 0.6) is 0 Å². The molecule has 3 aromatic carbocycles. The minimum Gasteiger partial charge on any atom is -0.322 e. The fraction of sp³-hybridized carbons (Fsp3) is 0.130. The van der Waals surface area contributed by atoms with E-state index in [1.54, 1.807) is 4.90 Å². The van der Waals surface area contributed by atoms with Gasteiger partial charge in [0.15, 0.2) is 0 Å². The van der Waals surface area contributed by atoms with Crippen molar-refractivity contribution in [3.63, 3.8) is 0 Å². The van der Waals surface area contributed by atoms with E-state index in [9.17, 15) is 9.59 Å². The highest BCUT2D eigenvalue weighted by Gasteiger charge is 2.28. The van der Waals surface area contributed by atoms with Crippen molar-refractivity contribution in [2.24, 2.45) is 0 Å². The number of benzene rings is 3. The molecule has 0 aliphatic carbocycles. The van der Waals surface area contributed by atoms with Crippen LogP contribution in [0.1, 0.15) is 37.4 Å². The molecule has 1 N–H and O–H groups in total. The molecule has 27 heavy (non-hydrogen) atoms. The summed E-state index contributed by atoms with van der Waals surface area (Å²) in [5, 5.41) is 2.95. The number of carbonyl (C=O) groups excluding carboxylic acids is 2. The molecule has 2 amide bonds. The van der Waals surface area contributed by atoms with Gasteiger partial charge in [0.25, 0.3) is 11.8 Å². The molecular formula is C23H20N2O2. The minimum atomic E-state index is -0.143. The molecule has 0 saturated carbocycles. The summed E-state index contributed by atoms with van der Waals surface area (Å²) in [6, 6.07) is 20.8. The first-order valence-electron chi connectivity index (χ1n) is 8.91. The summed E-state index contributed by atoms with van der Waals surface area (Å²) < 4.78 is 0. The predicted octanol–water partition coefficient (Wildman–Crippen LogP) is 4.72. The standard InChI is InChI=1S/C23H20N2O2/c1-15-7-9-17(10-8-15)22(26)24-21-12-11-19(13-16(21)2)25-14-18-5-3-4-6-20(18)23(25)27/h3-13H,14H2,1-2H3,(H,24,26). The zero-order chi connectivity index (χ0) is 19.0. The lowest BCUT2D eigenvalue weighted by Gasteiger charge is -2.18. The van der Waals surface area contributed by atoms with Crippen molar-refractivity contribution >= 4 is 23.2 Å². The van der Waals surface area contributed by atoms with Crippen LogP contribution in [0, 0.1) is 13.8 Å². The van der Waals surface area contributed by atoms with Gasteiger partial charge in [0.1, 0.15) is 0 Å². The maximum atomic E-state index is 12.6. The average Bonchev–Trinajstić information content (AvgIpc) is 3.01. The highest BCUT2D eigenvalue weighted by molar-refractivity contribution is 6.10. The number of nitrogens with one attached hydrogen (secondary N) is 1. The SMILES string of the molecule is Cc1ccc(C(=O)Nc2ccc(N3Cc4ccccc4C3=O)cc2C)cc1. The number of nitrogens with zero attached hydrogens (tertiary/aromatic N) is 1. The lowest BCUT2D eigenvalue weighted by Crippen LogP contribution is -2.23.